The lowest BCUT2D eigenvalue weighted by Gasteiger charge is -2.48. The summed E-state index contributed by atoms with van der Waals surface area (Å²) in [6.45, 7) is 6.11. The molecule has 234 valence electrons. The van der Waals surface area contributed by atoms with Gasteiger partial charge in [0.15, 0.2) is 27.3 Å². The highest BCUT2D eigenvalue weighted by atomic mass is 35.5. The zero-order valence-corrected chi connectivity index (χ0v) is 25.5. The molecule has 1 heterocycles. The fourth-order valence-corrected chi connectivity index (χ4v) is 9.31. The molecule has 3 unspecified atom stereocenters. The van der Waals surface area contributed by atoms with E-state index in [1.807, 2.05) is 6.92 Å². The Morgan fingerprint density at radius 2 is 1.72 bits per heavy atom. The van der Waals surface area contributed by atoms with Crippen molar-refractivity contribution in [1.82, 2.24) is 4.90 Å². The van der Waals surface area contributed by atoms with Crippen LogP contribution in [0, 0.1) is 41.1 Å². The highest BCUT2D eigenvalue weighted by Crippen LogP contribution is 2.56. The fourth-order valence-electron chi connectivity index (χ4n) is 6.93. The van der Waals surface area contributed by atoms with Gasteiger partial charge in [-0.2, -0.15) is 0 Å². The van der Waals surface area contributed by atoms with Gasteiger partial charge in [-0.25, -0.2) is 21.6 Å². The van der Waals surface area contributed by atoms with Gasteiger partial charge in [0.05, 0.1) is 32.8 Å². The lowest BCUT2D eigenvalue weighted by Crippen LogP contribution is -2.59. The highest BCUT2D eigenvalue weighted by molar-refractivity contribution is 7.92. The Balaban J connectivity index is 1.32. The number of rotatable bonds is 7. The zero-order chi connectivity index (χ0) is 31.6. The lowest BCUT2D eigenvalue weighted by molar-refractivity contribution is -0.155. The van der Waals surface area contributed by atoms with Gasteiger partial charge < -0.3 is 20.4 Å². The third kappa shape index (κ3) is 5.79. The number of fused-ring (bicyclic) bond motifs is 2. The number of amides is 2. The van der Waals surface area contributed by atoms with Gasteiger partial charge in [-0.3, -0.25) is 9.59 Å². The maximum atomic E-state index is 13.9. The molecular formula is C30H34ClF3N2O6S. The third-order valence-electron chi connectivity index (χ3n) is 9.60. The standard InChI is InChI=1S/C30H34ClF3N2O6S/c1-15-6-17-8-20(11-21(15)30(17,40)12-26(37)36-13-18(14-36)29(2,3)39)43(41,42)25-7-16(4-5-22(25)31)28(38)35-19-9-23(32)27(34)24(33)10-19/h4-5,7,9-10,15,17-18,20-21,39-40H,6,8,11-14H2,1-3H3,(H,35,38)/t15-,17?,20?,21?,30+/m0/s1. The molecule has 0 radical (unpaired) electrons. The molecule has 2 saturated carbocycles. The number of anilines is 1. The van der Waals surface area contributed by atoms with Gasteiger partial charge in [-0.15, -0.1) is 0 Å². The summed E-state index contributed by atoms with van der Waals surface area (Å²) >= 11 is 6.30. The minimum Gasteiger partial charge on any atom is -0.390 e. The number of halogens is 4. The molecule has 5 rings (SSSR count). The number of likely N-dealkylation sites (tertiary alicyclic amines) is 1. The molecule has 1 saturated heterocycles. The smallest absolute Gasteiger partial charge is 0.255 e. The Kier molecular flexibility index (Phi) is 8.15. The molecule has 2 aromatic carbocycles. The minimum absolute atomic E-state index is 0.0346. The minimum atomic E-state index is -4.12. The van der Waals surface area contributed by atoms with E-state index in [1.54, 1.807) is 18.7 Å². The van der Waals surface area contributed by atoms with Crippen LogP contribution in [0.15, 0.2) is 35.2 Å². The van der Waals surface area contributed by atoms with Gasteiger partial charge in [0.1, 0.15) is 0 Å². The van der Waals surface area contributed by atoms with E-state index < -0.39 is 61.5 Å². The number of carbonyl (C=O) groups is 2. The third-order valence-corrected chi connectivity index (χ3v) is 12.3. The lowest BCUT2D eigenvalue weighted by atomic mass is 9.71. The van der Waals surface area contributed by atoms with Crippen molar-refractivity contribution in [1.29, 1.82) is 0 Å². The molecule has 2 aromatic rings. The van der Waals surface area contributed by atoms with Crippen LogP contribution in [0.2, 0.25) is 5.02 Å². The zero-order valence-electron chi connectivity index (χ0n) is 23.9. The van der Waals surface area contributed by atoms with Crippen molar-refractivity contribution >= 4 is 38.9 Å². The van der Waals surface area contributed by atoms with Crippen molar-refractivity contribution in [3.8, 4) is 0 Å². The van der Waals surface area contributed by atoms with Crippen molar-refractivity contribution in [3.63, 3.8) is 0 Å². The van der Waals surface area contributed by atoms with Crippen molar-refractivity contribution in [2.75, 3.05) is 18.4 Å². The van der Waals surface area contributed by atoms with E-state index in [1.165, 1.54) is 12.1 Å². The van der Waals surface area contributed by atoms with Crippen molar-refractivity contribution < 1.29 is 41.4 Å². The first-order chi connectivity index (χ1) is 19.9. The number of aliphatic hydroxyl groups is 2. The average Bonchev–Trinajstić information content (AvgIpc) is 2.98. The molecular weight excluding hydrogens is 609 g/mol. The Hall–Kier alpha value is -2.67. The van der Waals surface area contributed by atoms with Crippen LogP contribution in [-0.2, 0) is 14.6 Å². The summed E-state index contributed by atoms with van der Waals surface area (Å²) < 4.78 is 68.3. The van der Waals surface area contributed by atoms with Gasteiger partial charge in [-0.1, -0.05) is 18.5 Å². The highest BCUT2D eigenvalue weighted by Gasteiger charge is 2.59. The van der Waals surface area contributed by atoms with Crippen LogP contribution in [0.5, 0.6) is 0 Å². The number of benzene rings is 2. The van der Waals surface area contributed by atoms with Crippen LogP contribution in [-0.4, -0.2) is 64.9 Å². The van der Waals surface area contributed by atoms with Gasteiger partial charge >= 0.3 is 0 Å². The van der Waals surface area contributed by atoms with Crippen LogP contribution in [0.4, 0.5) is 18.9 Å². The predicted molar refractivity (Wildman–Crippen MR) is 153 cm³/mol. The summed E-state index contributed by atoms with van der Waals surface area (Å²) in [7, 11) is -4.12. The van der Waals surface area contributed by atoms with Crippen LogP contribution in [0.25, 0.3) is 0 Å². The molecule has 1 aliphatic heterocycles. The molecule has 3 aliphatic rings. The molecule has 8 nitrogen and oxygen atoms in total. The molecule has 2 aliphatic carbocycles. The van der Waals surface area contributed by atoms with Gasteiger partial charge in [0, 0.05) is 42.4 Å². The summed E-state index contributed by atoms with van der Waals surface area (Å²) in [6.07, 6.45) is 0.615. The second-order valence-electron chi connectivity index (χ2n) is 12.8. The molecule has 13 heteroatoms. The van der Waals surface area contributed by atoms with Crippen LogP contribution < -0.4 is 5.32 Å². The van der Waals surface area contributed by atoms with Crippen molar-refractivity contribution in [3.05, 3.63) is 58.4 Å². The quantitative estimate of drug-likeness (QED) is 0.380. The topological polar surface area (TPSA) is 124 Å². The monoisotopic (exact) mass is 642 g/mol. The number of sulfone groups is 1. The normalized spacial score (nSPS) is 27.6. The second-order valence-corrected chi connectivity index (χ2v) is 15.4. The first-order valence-corrected chi connectivity index (χ1v) is 16.1. The van der Waals surface area contributed by atoms with Crippen molar-refractivity contribution in [2.45, 2.75) is 67.8 Å². The molecule has 5 atom stereocenters. The van der Waals surface area contributed by atoms with Gasteiger partial charge in [0.25, 0.3) is 5.91 Å². The van der Waals surface area contributed by atoms with E-state index in [0.717, 1.165) is 6.07 Å². The van der Waals surface area contributed by atoms with E-state index in [0.29, 0.717) is 31.6 Å². The SMILES string of the molecule is C[C@H]1CC2CC(S(=O)(=O)c3cc(C(=O)Nc4cc(F)c(F)c(F)c4)ccc3Cl)CC1[C@@]2(O)CC(=O)N1CC(C(C)(C)O)C1. The van der Waals surface area contributed by atoms with E-state index in [-0.39, 0.29) is 58.2 Å². The van der Waals surface area contributed by atoms with Crippen LogP contribution >= 0.6 is 11.6 Å². The Morgan fingerprint density at radius 3 is 2.30 bits per heavy atom. The molecule has 0 spiro atoms. The number of carbonyl (C=O) groups excluding carboxylic acids is 2. The fraction of sp³-hybridized carbons (Fsp3) is 0.533. The summed E-state index contributed by atoms with van der Waals surface area (Å²) in [5.74, 6) is -6.81. The maximum Gasteiger partial charge on any atom is 0.255 e. The number of hydrogen-bond donors (Lipinski definition) is 3. The first kappa shape index (κ1) is 31.7. The van der Waals surface area contributed by atoms with E-state index in [9.17, 15) is 41.4 Å². The first-order valence-electron chi connectivity index (χ1n) is 14.1. The number of hydrogen-bond acceptors (Lipinski definition) is 6. The Bertz CT molecular complexity index is 1550. The van der Waals surface area contributed by atoms with E-state index in [2.05, 4.69) is 5.32 Å². The average molecular weight is 643 g/mol. The maximum absolute atomic E-state index is 13.9. The molecule has 0 aromatic heterocycles. The van der Waals surface area contributed by atoms with Gasteiger partial charge in [-0.05, 0) is 69.1 Å². The molecule has 43 heavy (non-hydrogen) atoms. The predicted octanol–water partition coefficient (Wildman–Crippen LogP) is 4.57. The van der Waals surface area contributed by atoms with E-state index in [4.69, 9.17) is 11.6 Å². The number of nitrogens with zero attached hydrogens (tertiary/aromatic N) is 1. The summed E-state index contributed by atoms with van der Waals surface area (Å²) in [4.78, 5) is 27.2. The van der Waals surface area contributed by atoms with Gasteiger partial charge in [0.2, 0.25) is 5.91 Å². The van der Waals surface area contributed by atoms with Crippen LogP contribution in [0.1, 0.15) is 56.8 Å². The molecule has 2 bridgehead atoms. The summed E-state index contributed by atoms with van der Waals surface area (Å²) in [6, 6.07) is 4.77. The molecule has 3 N–H and O–H groups in total. The molecule has 3 fully saturated rings. The largest absolute Gasteiger partial charge is 0.390 e. The van der Waals surface area contributed by atoms with E-state index >= 15 is 0 Å². The Labute approximate surface area is 253 Å². The number of nitrogens with one attached hydrogen (secondary N) is 1. The summed E-state index contributed by atoms with van der Waals surface area (Å²) in [5, 5.41) is 23.1. The summed E-state index contributed by atoms with van der Waals surface area (Å²) in [5.41, 5.74) is -2.79. The Morgan fingerprint density at radius 1 is 1.09 bits per heavy atom. The second kappa shape index (κ2) is 11.0. The van der Waals surface area contributed by atoms with Crippen LogP contribution in [0.3, 0.4) is 0 Å². The molecule has 2 amide bonds. The van der Waals surface area contributed by atoms with Crippen molar-refractivity contribution in [2.24, 2.45) is 23.7 Å².